The van der Waals surface area contributed by atoms with Gasteiger partial charge in [-0.1, -0.05) is 35.9 Å². The van der Waals surface area contributed by atoms with Crippen LogP contribution in [-0.2, 0) is 13.1 Å². The fourth-order valence-corrected chi connectivity index (χ4v) is 3.64. The molecular formula is C22H21ClN2O3. The fourth-order valence-electron chi connectivity index (χ4n) is 3.47. The third kappa shape index (κ3) is 4.26. The highest BCUT2D eigenvalue weighted by molar-refractivity contribution is 6.31. The smallest absolute Gasteiger partial charge is 0.287 e. The fraction of sp³-hybridized carbons (Fsp3) is 0.273. The molecule has 2 heterocycles. The molecule has 1 fully saturated rings. The number of hydrogen-bond donors (Lipinski definition) is 1. The Labute approximate surface area is 167 Å². The molecule has 3 aromatic rings. The van der Waals surface area contributed by atoms with Crippen LogP contribution in [0.15, 0.2) is 57.7 Å². The van der Waals surface area contributed by atoms with Gasteiger partial charge in [-0.2, -0.15) is 0 Å². The minimum Gasteiger partial charge on any atom is -0.451 e. The Hall–Kier alpha value is -2.63. The molecule has 1 aliphatic rings. The Morgan fingerprint density at radius 3 is 2.50 bits per heavy atom. The van der Waals surface area contributed by atoms with Gasteiger partial charge in [-0.3, -0.25) is 14.5 Å². The highest BCUT2D eigenvalue weighted by Gasteiger charge is 2.13. The van der Waals surface area contributed by atoms with Gasteiger partial charge in [0.25, 0.3) is 5.91 Å². The summed E-state index contributed by atoms with van der Waals surface area (Å²) in [5.41, 5.74) is 2.32. The molecule has 6 heteroatoms. The van der Waals surface area contributed by atoms with E-state index >= 15 is 0 Å². The number of amides is 1. The number of fused-ring (bicyclic) bond motifs is 1. The summed E-state index contributed by atoms with van der Waals surface area (Å²) in [6.07, 6.45) is 2.56. The lowest BCUT2D eigenvalue weighted by Crippen LogP contribution is -2.24. The van der Waals surface area contributed by atoms with Gasteiger partial charge in [-0.25, -0.2) is 0 Å². The third-order valence-electron chi connectivity index (χ3n) is 4.99. The molecule has 0 unspecified atom stereocenters. The van der Waals surface area contributed by atoms with E-state index in [1.165, 1.54) is 43.6 Å². The van der Waals surface area contributed by atoms with Crippen LogP contribution in [0.5, 0.6) is 0 Å². The van der Waals surface area contributed by atoms with Gasteiger partial charge >= 0.3 is 0 Å². The van der Waals surface area contributed by atoms with Gasteiger partial charge in [0, 0.05) is 24.2 Å². The van der Waals surface area contributed by atoms with Crippen LogP contribution in [0.25, 0.3) is 11.0 Å². The van der Waals surface area contributed by atoms with Crippen LogP contribution >= 0.6 is 11.6 Å². The highest BCUT2D eigenvalue weighted by Crippen LogP contribution is 2.18. The van der Waals surface area contributed by atoms with Crippen LogP contribution in [0.2, 0.25) is 5.02 Å². The minimum absolute atomic E-state index is 0.00882. The summed E-state index contributed by atoms with van der Waals surface area (Å²) in [4.78, 5) is 27.1. The van der Waals surface area contributed by atoms with Crippen molar-refractivity contribution in [2.24, 2.45) is 0 Å². The van der Waals surface area contributed by atoms with Gasteiger partial charge in [-0.15, -0.1) is 0 Å². The van der Waals surface area contributed by atoms with E-state index in [2.05, 4.69) is 22.3 Å². The molecule has 4 rings (SSSR count). The summed E-state index contributed by atoms with van der Waals surface area (Å²) < 4.78 is 5.57. The number of carbonyl (C=O) groups excluding carboxylic acids is 1. The van der Waals surface area contributed by atoms with Crippen molar-refractivity contribution in [1.82, 2.24) is 10.2 Å². The maximum atomic E-state index is 12.4. The molecule has 1 amide bonds. The lowest BCUT2D eigenvalue weighted by molar-refractivity contribution is 0.0923. The largest absolute Gasteiger partial charge is 0.451 e. The number of benzene rings is 2. The molecule has 1 saturated heterocycles. The van der Waals surface area contributed by atoms with Gasteiger partial charge in [0.05, 0.1) is 5.39 Å². The van der Waals surface area contributed by atoms with Crippen LogP contribution in [-0.4, -0.2) is 23.9 Å². The Kier molecular flexibility index (Phi) is 5.46. The molecule has 0 bridgehead atoms. The van der Waals surface area contributed by atoms with E-state index in [1.54, 1.807) is 12.1 Å². The van der Waals surface area contributed by atoms with Crippen molar-refractivity contribution in [1.29, 1.82) is 0 Å². The predicted octanol–water partition coefficient (Wildman–Crippen LogP) is 3.97. The first-order chi connectivity index (χ1) is 13.6. The topological polar surface area (TPSA) is 62.6 Å². The van der Waals surface area contributed by atoms with E-state index in [0.29, 0.717) is 22.5 Å². The maximum absolute atomic E-state index is 12.4. The molecule has 5 nitrogen and oxygen atoms in total. The van der Waals surface area contributed by atoms with Crippen LogP contribution in [0.4, 0.5) is 0 Å². The van der Waals surface area contributed by atoms with Crippen molar-refractivity contribution < 1.29 is 9.21 Å². The second-order valence-electron chi connectivity index (χ2n) is 7.10. The summed E-state index contributed by atoms with van der Waals surface area (Å²) >= 11 is 5.91. The molecule has 0 aliphatic carbocycles. The SMILES string of the molecule is O=C(NCc1ccc(CN2CCCC2)cc1)c1cc(=O)c2cc(Cl)ccc2o1. The van der Waals surface area contributed by atoms with Crippen molar-refractivity contribution in [3.8, 4) is 0 Å². The van der Waals surface area contributed by atoms with E-state index in [-0.39, 0.29) is 11.2 Å². The van der Waals surface area contributed by atoms with Crippen molar-refractivity contribution in [2.45, 2.75) is 25.9 Å². The second kappa shape index (κ2) is 8.17. The zero-order chi connectivity index (χ0) is 19.5. The molecule has 0 atom stereocenters. The van der Waals surface area contributed by atoms with Crippen molar-refractivity contribution >= 4 is 28.5 Å². The van der Waals surface area contributed by atoms with Crippen LogP contribution in [0.3, 0.4) is 0 Å². The molecular weight excluding hydrogens is 376 g/mol. The number of likely N-dealkylation sites (tertiary alicyclic amines) is 1. The van der Waals surface area contributed by atoms with Gasteiger partial charge in [-0.05, 0) is 55.3 Å². The first-order valence-corrected chi connectivity index (χ1v) is 9.78. The number of nitrogens with zero attached hydrogens (tertiary/aromatic N) is 1. The Bertz CT molecular complexity index is 1050. The molecule has 144 valence electrons. The minimum atomic E-state index is -0.421. The quantitative estimate of drug-likeness (QED) is 0.708. The standard InChI is InChI=1S/C22H21ClN2O3/c23-17-7-8-20-18(11-17)19(26)12-21(28-20)22(27)24-13-15-3-5-16(6-4-15)14-25-9-1-2-10-25/h3-8,11-12H,1-2,9-10,13-14H2,(H,24,27). The molecule has 0 saturated carbocycles. The molecule has 0 spiro atoms. The van der Waals surface area contributed by atoms with Crippen LogP contribution < -0.4 is 10.7 Å². The molecule has 28 heavy (non-hydrogen) atoms. The zero-order valence-corrected chi connectivity index (χ0v) is 16.2. The highest BCUT2D eigenvalue weighted by atomic mass is 35.5. The zero-order valence-electron chi connectivity index (χ0n) is 15.4. The summed E-state index contributed by atoms with van der Waals surface area (Å²) in [6.45, 7) is 3.67. The van der Waals surface area contributed by atoms with Crippen molar-refractivity contribution in [3.05, 3.63) is 80.7 Å². The number of rotatable bonds is 5. The number of nitrogens with one attached hydrogen (secondary N) is 1. The Morgan fingerprint density at radius 2 is 1.75 bits per heavy atom. The number of halogens is 1. The van der Waals surface area contributed by atoms with Gasteiger partial charge in [0.2, 0.25) is 0 Å². The van der Waals surface area contributed by atoms with E-state index in [0.717, 1.165) is 12.1 Å². The summed E-state index contributed by atoms with van der Waals surface area (Å²) in [7, 11) is 0. The van der Waals surface area contributed by atoms with Gasteiger partial charge in [0.1, 0.15) is 5.58 Å². The third-order valence-corrected chi connectivity index (χ3v) is 5.23. The van der Waals surface area contributed by atoms with Crippen LogP contribution in [0.1, 0.15) is 34.5 Å². The Balaban J connectivity index is 1.40. The first-order valence-electron chi connectivity index (χ1n) is 9.40. The number of carbonyl (C=O) groups is 1. The second-order valence-corrected chi connectivity index (χ2v) is 7.53. The lowest BCUT2D eigenvalue weighted by Gasteiger charge is -2.14. The molecule has 2 aromatic carbocycles. The summed E-state index contributed by atoms with van der Waals surface area (Å²) in [6, 6.07) is 14.2. The average molecular weight is 397 g/mol. The molecule has 0 radical (unpaired) electrons. The van der Waals surface area contributed by atoms with Crippen LogP contribution in [0, 0.1) is 0 Å². The number of hydrogen-bond acceptors (Lipinski definition) is 4. The lowest BCUT2D eigenvalue weighted by atomic mass is 10.1. The van der Waals surface area contributed by atoms with E-state index < -0.39 is 5.91 Å². The van der Waals surface area contributed by atoms with Crippen molar-refractivity contribution in [3.63, 3.8) is 0 Å². The monoisotopic (exact) mass is 396 g/mol. The summed E-state index contributed by atoms with van der Waals surface area (Å²) in [5, 5.41) is 3.61. The van der Waals surface area contributed by atoms with Gasteiger partial charge < -0.3 is 9.73 Å². The summed E-state index contributed by atoms with van der Waals surface area (Å²) in [5.74, 6) is -0.430. The van der Waals surface area contributed by atoms with E-state index in [4.69, 9.17) is 16.0 Å². The van der Waals surface area contributed by atoms with Crippen molar-refractivity contribution in [2.75, 3.05) is 13.1 Å². The maximum Gasteiger partial charge on any atom is 0.287 e. The normalized spacial score (nSPS) is 14.5. The van der Waals surface area contributed by atoms with E-state index in [1.807, 2.05) is 12.1 Å². The predicted molar refractivity (Wildman–Crippen MR) is 110 cm³/mol. The molecule has 1 aliphatic heterocycles. The molecule has 1 N–H and O–H groups in total. The first kappa shape index (κ1) is 18.7. The molecule has 1 aromatic heterocycles. The van der Waals surface area contributed by atoms with Gasteiger partial charge in [0.15, 0.2) is 11.2 Å². The Morgan fingerprint density at radius 1 is 1.04 bits per heavy atom. The average Bonchev–Trinajstić information content (AvgIpc) is 3.20. The van der Waals surface area contributed by atoms with E-state index in [9.17, 15) is 9.59 Å².